The Hall–Kier alpha value is -1.87. The van der Waals surface area contributed by atoms with Crippen molar-refractivity contribution in [2.24, 2.45) is 0 Å². The topological polar surface area (TPSA) is 42.0 Å². The molecule has 2 rings (SSSR count). The van der Waals surface area contributed by atoms with Crippen LogP contribution < -0.4 is 5.32 Å². The predicted octanol–water partition coefficient (Wildman–Crippen LogP) is 4.11. The van der Waals surface area contributed by atoms with E-state index in [1.807, 2.05) is 24.3 Å². The first kappa shape index (κ1) is 13.6. The summed E-state index contributed by atoms with van der Waals surface area (Å²) in [6.45, 7) is 4.17. The average molecular weight is 275 g/mol. The molecule has 0 radical (unpaired) electrons. The fourth-order valence-corrected chi connectivity index (χ4v) is 2.04. The van der Waals surface area contributed by atoms with Crippen LogP contribution in [-0.4, -0.2) is 10.9 Å². The van der Waals surface area contributed by atoms with Crippen molar-refractivity contribution in [3.05, 3.63) is 58.9 Å². The number of nitrogens with one attached hydrogen (secondary N) is 1. The highest BCUT2D eigenvalue weighted by molar-refractivity contribution is 6.34. The van der Waals surface area contributed by atoms with Crippen LogP contribution in [0.3, 0.4) is 0 Å². The molecule has 1 aromatic carbocycles. The third kappa shape index (κ3) is 3.12. The van der Waals surface area contributed by atoms with Crippen LogP contribution in [0.5, 0.6) is 0 Å². The van der Waals surface area contributed by atoms with E-state index in [0.29, 0.717) is 16.5 Å². The van der Waals surface area contributed by atoms with Crippen molar-refractivity contribution in [3.8, 4) is 0 Å². The largest absolute Gasteiger partial charge is 0.322 e. The van der Waals surface area contributed by atoms with Gasteiger partial charge in [-0.15, -0.1) is 0 Å². The van der Waals surface area contributed by atoms with E-state index in [9.17, 15) is 4.79 Å². The zero-order valence-corrected chi connectivity index (χ0v) is 11.6. The summed E-state index contributed by atoms with van der Waals surface area (Å²) in [5, 5.41) is 3.28. The first-order valence-corrected chi connectivity index (χ1v) is 6.47. The lowest BCUT2D eigenvalue weighted by atomic mass is 10.0. The molecule has 2 aromatic rings. The molecule has 1 heterocycles. The lowest BCUT2D eigenvalue weighted by Gasteiger charge is -2.13. The van der Waals surface area contributed by atoms with E-state index in [0.717, 1.165) is 11.3 Å². The second-order valence-corrected chi connectivity index (χ2v) is 4.96. The van der Waals surface area contributed by atoms with Gasteiger partial charge in [-0.3, -0.25) is 9.78 Å². The van der Waals surface area contributed by atoms with E-state index in [2.05, 4.69) is 24.1 Å². The number of para-hydroxylation sites is 1. The van der Waals surface area contributed by atoms with Gasteiger partial charge in [0.15, 0.2) is 0 Å². The number of anilines is 1. The average Bonchev–Trinajstić information content (AvgIpc) is 2.39. The second-order valence-electron chi connectivity index (χ2n) is 4.55. The summed E-state index contributed by atoms with van der Waals surface area (Å²) in [5.41, 5.74) is 2.28. The second kappa shape index (κ2) is 5.85. The molecule has 0 aliphatic carbocycles. The minimum absolute atomic E-state index is 0.244. The van der Waals surface area contributed by atoms with Crippen molar-refractivity contribution >= 4 is 23.2 Å². The summed E-state index contributed by atoms with van der Waals surface area (Å²) in [6, 6.07) is 9.35. The van der Waals surface area contributed by atoms with E-state index in [1.54, 1.807) is 12.3 Å². The van der Waals surface area contributed by atoms with Gasteiger partial charge in [-0.1, -0.05) is 43.6 Å². The number of benzene rings is 1. The molecule has 0 unspecified atom stereocenters. The number of nitrogens with zero attached hydrogens (tertiary/aromatic N) is 1. The third-order valence-electron chi connectivity index (χ3n) is 2.84. The van der Waals surface area contributed by atoms with Gasteiger partial charge in [0.1, 0.15) is 0 Å². The molecule has 98 valence electrons. The summed E-state index contributed by atoms with van der Waals surface area (Å²) < 4.78 is 0. The molecular weight excluding hydrogens is 260 g/mol. The quantitative estimate of drug-likeness (QED) is 0.915. The fourth-order valence-electron chi connectivity index (χ4n) is 1.85. The predicted molar refractivity (Wildman–Crippen MR) is 77.7 cm³/mol. The minimum atomic E-state index is -0.244. The third-order valence-corrected chi connectivity index (χ3v) is 3.17. The number of carbonyl (C=O) groups is 1. The molecule has 0 aliphatic rings. The van der Waals surface area contributed by atoms with Crippen molar-refractivity contribution < 1.29 is 4.79 Å². The number of rotatable bonds is 3. The Balaban J connectivity index is 2.27. The zero-order chi connectivity index (χ0) is 13.8. The molecule has 0 aliphatic heterocycles. The molecule has 1 N–H and O–H groups in total. The molecule has 0 spiro atoms. The smallest absolute Gasteiger partial charge is 0.258 e. The Morgan fingerprint density at radius 3 is 2.68 bits per heavy atom. The maximum absolute atomic E-state index is 12.2. The van der Waals surface area contributed by atoms with E-state index >= 15 is 0 Å². The summed E-state index contributed by atoms with van der Waals surface area (Å²) in [5.74, 6) is 0.0899. The van der Waals surface area contributed by atoms with E-state index < -0.39 is 0 Å². The van der Waals surface area contributed by atoms with E-state index in [1.165, 1.54) is 6.20 Å². The van der Waals surface area contributed by atoms with Gasteiger partial charge in [-0.2, -0.15) is 0 Å². The number of pyridine rings is 1. The van der Waals surface area contributed by atoms with Gasteiger partial charge in [0.05, 0.1) is 10.6 Å². The van der Waals surface area contributed by atoms with Gasteiger partial charge in [0.2, 0.25) is 0 Å². The molecule has 0 atom stereocenters. The van der Waals surface area contributed by atoms with Gasteiger partial charge < -0.3 is 5.32 Å². The van der Waals surface area contributed by atoms with E-state index in [4.69, 9.17) is 11.6 Å². The number of amides is 1. The maximum atomic E-state index is 12.2. The van der Waals surface area contributed by atoms with Gasteiger partial charge in [0.25, 0.3) is 5.91 Å². The summed E-state index contributed by atoms with van der Waals surface area (Å²) >= 11 is 5.99. The number of aromatic nitrogens is 1. The summed E-state index contributed by atoms with van der Waals surface area (Å²) in [7, 11) is 0. The van der Waals surface area contributed by atoms with Gasteiger partial charge >= 0.3 is 0 Å². The number of halogens is 1. The molecule has 3 nitrogen and oxygen atoms in total. The van der Waals surface area contributed by atoms with Gasteiger partial charge in [-0.05, 0) is 23.6 Å². The highest BCUT2D eigenvalue weighted by atomic mass is 35.5. The Labute approximate surface area is 117 Å². The van der Waals surface area contributed by atoms with Gasteiger partial charge in [0, 0.05) is 18.1 Å². The van der Waals surface area contributed by atoms with Crippen molar-refractivity contribution in [2.45, 2.75) is 19.8 Å². The Morgan fingerprint density at radius 2 is 2.00 bits per heavy atom. The lowest BCUT2D eigenvalue weighted by Crippen LogP contribution is -2.14. The molecular formula is C15H15ClN2O. The van der Waals surface area contributed by atoms with Crippen molar-refractivity contribution in [2.75, 3.05) is 5.32 Å². The van der Waals surface area contributed by atoms with Crippen molar-refractivity contribution in [3.63, 3.8) is 0 Å². The molecule has 0 bridgehead atoms. The number of carbonyl (C=O) groups excluding carboxylic acids is 1. The van der Waals surface area contributed by atoms with Crippen LogP contribution >= 0.6 is 11.6 Å². The van der Waals surface area contributed by atoms with Crippen LogP contribution in [0.1, 0.15) is 35.7 Å². The number of hydrogen-bond acceptors (Lipinski definition) is 2. The van der Waals surface area contributed by atoms with Crippen molar-refractivity contribution in [1.29, 1.82) is 0 Å². The monoisotopic (exact) mass is 274 g/mol. The number of hydrogen-bond donors (Lipinski definition) is 1. The van der Waals surface area contributed by atoms with Crippen LogP contribution in [0.15, 0.2) is 42.7 Å². The van der Waals surface area contributed by atoms with Crippen LogP contribution in [0.2, 0.25) is 5.02 Å². The van der Waals surface area contributed by atoms with Crippen LogP contribution in [-0.2, 0) is 0 Å². The fraction of sp³-hybridized carbons (Fsp3) is 0.200. The normalized spacial score (nSPS) is 10.5. The highest BCUT2D eigenvalue weighted by Crippen LogP contribution is 2.24. The summed E-state index contributed by atoms with van der Waals surface area (Å²) in [6.07, 6.45) is 3.02. The Bertz CT molecular complexity index is 596. The molecule has 19 heavy (non-hydrogen) atoms. The van der Waals surface area contributed by atoms with Gasteiger partial charge in [-0.25, -0.2) is 0 Å². The van der Waals surface area contributed by atoms with E-state index in [-0.39, 0.29) is 5.91 Å². The first-order valence-electron chi connectivity index (χ1n) is 6.09. The minimum Gasteiger partial charge on any atom is -0.322 e. The highest BCUT2D eigenvalue weighted by Gasteiger charge is 2.13. The van der Waals surface area contributed by atoms with Crippen LogP contribution in [0, 0.1) is 0 Å². The SMILES string of the molecule is CC(C)c1ccccc1NC(=O)c1cnccc1Cl. The molecule has 0 saturated carbocycles. The summed E-state index contributed by atoms with van der Waals surface area (Å²) in [4.78, 5) is 16.1. The molecule has 1 aromatic heterocycles. The molecule has 4 heteroatoms. The van der Waals surface area contributed by atoms with Crippen molar-refractivity contribution in [1.82, 2.24) is 4.98 Å². The van der Waals surface area contributed by atoms with Crippen LogP contribution in [0.25, 0.3) is 0 Å². The van der Waals surface area contributed by atoms with Crippen LogP contribution in [0.4, 0.5) is 5.69 Å². The molecule has 0 fully saturated rings. The Kier molecular flexibility index (Phi) is 4.17. The Morgan fingerprint density at radius 1 is 1.26 bits per heavy atom. The standard InChI is InChI=1S/C15H15ClN2O/c1-10(2)11-5-3-4-6-14(11)18-15(19)12-9-17-8-7-13(12)16/h3-10H,1-2H3,(H,18,19). The lowest BCUT2D eigenvalue weighted by molar-refractivity contribution is 0.102. The zero-order valence-electron chi connectivity index (χ0n) is 10.9. The first-order chi connectivity index (χ1) is 9.09. The molecule has 0 saturated heterocycles. The maximum Gasteiger partial charge on any atom is 0.258 e. The molecule has 1 amide bonds.